The van der Waals surface area contributed by atoms with E-state index in [0.717, 1.165) is 36.9 Å². The lowest BCUT2D eigenvalue weighted by Crippen LogP contribution is -2.33. The highest BCUT2D eigenvalue weighted by Crippen LogP contribution is 2.16. The summed E-state index contributed by atoms with van der Waals surface area (Å²) in [6, 6.07) is 1.90. The number of hydrogen-bond acceptors (Lipinski definition) is 3. The Labute approximate surface area is 89.1 Å². The molecule has 1 heterocycles. The summed E-state index contributed by atoms with van der Waals surface area (Å²) in [5.74, 6) is 0. The van der Waals surface area contributed by atoms with Crippen molar-refractivity contribution < 1.29 is 0 Å². The quantitative estimate of drug-likeness (QED) is 0.766. The molecule has 0 saturated carbocycles. The van der Waals surface area contributed by atoms with Gasteiger partial charge in [0, 0.05) is 18.7 Å². The normalized spacial score (nSPS) is 20.0. The fourth-order valence-corrected chi connectivity index (χ4v) is 2.03. The maximum atomic E-state index is 11.6. The molecule has 15 heavy (non-hydrogen) atoms. The zero-order chi connectivity index (χ0) is 10.8. The first-order chi connectivity index (χ1) is 7.20. The largest absolute Gasteiger partial charge is 0.327 e. The lowest BCUT2D eigenvalue weighted by molar-refractivity contribution is 0.508. The van der Waals surface area contributed by atoms with E-state index in [1.54, 1.807) is 10.7 Å². The number of aromatic nitrogens is 2. The third-order valence-corrected chi connectivity index (χ3v) is 2.83. The van der Waals surface area contributed by atoms with Gasteiger partial charge in [-0.2, -0.15) is 5.10 Å². The van der Waals surface area contributed by atoms with Crippen LogP contribution < -0.4 is 11.3 Å². The maximum Gasteiger partial charge on any atom is 0.267 e. The first-order valence-electron chi connectivity index (χ1n) is 5.56. The average molecular weight is 207 g/mol. The first kappa shape index (κ1) is 10.4. The van der Waals surface area contributed by atoms with Crippen LogP contribution in [0, 0.1) is 0 Å². The molecule has 0 spiro atoms. The van der Waals surface area contributed by atoms with E-state index in [9.17, 15) is 4.79 Å². The van der Waals surface area contributed by atoms with Crippen LogP contribution in [0.1, 0.15) is 31.0 Å². The minimum atomic E-state index is 0.00435. The van der Waals surface area contributed by atoms with Gasteiger partial charge in [0.25, 0.3) is 5.56 Å². The molecule has 1 atom stereocenters. The second-order valence-corrected chi connectivity index (χ2v) is 4.18. The summed E-state index contributed by atoms with van der Waals surface area (Å²) in [7, 11) is 0. The lowest BCUT2D eigenvalue weighted by Gasteiger charge is -2.20. The van der Waals surface area contributed by atoms with Gasteiger partial charge in [-0.25, -0.2) is 4.68 Å². The van der Waals surface area contributed by atoms with Crippen LogP contribution in [0.4, 0.5) is 0 Å². The Morgan fingerprint density at radius 2 is 2.47 bits per heavy atom. The highest BCUT2D eigenvalue weighted by atomic mass is 16.1. The Balaban J connectivity index is 2.37. The minimum absolute atomic E-state index is 0.00435. The topological polar surface area (TPSA) is 60.9 Å². The van der Waals surface area contributed by atoms with Gasteiger partial charge in [0.2, 0.25) is 0 Å². The van der Waals surface area contributed by atoms with Crippen molar-refractivity contribution in [3.63, 3.8) is 0 Å². The van der Waals surface area contributed by atoms with Crippen LogP contribution in [0.25, 0.3) is 0 Å². The highest BCUT2D eigenvalue weighted by molar-refractivity contribution is 5.22. The molecule has 0 saturated heterocycles. The summed E-state index contributed by atoms with van der Waals surface area (Å²) in [6.45, 7) is 2.75. The van der Waals surface area contributed by atoms with Crippen LogP contribution in [0.2, 0.25) is 0 Å². The number of fused-ring (bicyclic) bond motifs is 1. The zero-order valence-electron chi connectivity index (χ0n) is 9.07. The Bertz CT molecular complexity index is 411. The van der Waals surface area contributed by atoms with Gasteiger partial charge in [0.05, 0.1) is 5.69 Å². The highest BCUT2D eigenvalue weighted by Gasteiger charge is 2.17. The molecule has 2 N–H and O–H groups in total. The van der Waals surface area contributed by atoms with Crippen LogP contribution >= 0.6 is 0 Å². The van der Waals surface area contributed by atoms with E-state index in [0.29, 0.717) is 6.54 Å². The summed E-state index contributed by atoms with van der Waals surface area (Å²) in [6.07, 6.45) is 3.61. The van der Waals surface area contributed by atoms with Gasteiger partial charge in [-0.3, -0.25) is 4.79 Å². The van der Waals surface area contributed by atoms with Crippen molar-refractivity contribution >= 4 is 0 Å². The van der Waals surface area contributed by atoms with Gasteiger partial charge in [-0.15, -0.1) is 0 Å². The Morgan fingerprint density at radius 1 is 1.67 bits per heavy atom. The molecule has 0 radical (unpaired) electrons. The molecule has 1 aliphatic rings. The standard InChI is InChI=1S/C11H17N3O/c1-2-5-14-11(15)7-8-6-9(12)3-4-10(8)13-14/h7,9H,2-6,12H2,1H3/t9-/m0/s1. The van der Waals surface area contributed by atoms with Crippen molar-refractivity contribution in [1.82, 2.24) is 9.78 Å². The molecule has 4 heteroatoms. The smallest absolute Gasteiger partial charge is 0.267 e. The van der Waals surface area contributed by atoms with E-state index in [1.807, 2.05) is 6.92 Å². The summed E-state index contributed by atoms with van der Waals surface area (Å²) >= 11 is 0. The third kappa shape index (κ3) is 2.09. The molecule has 1 aromatic rings. The summed E-state index contributed by atoms with van der Waals surface area (Å²) in [4.78, 5) is 11.6. The molecule has 1 aliphatic carbocycles. The van der Waals surface area contributed by atoms with Gasteiger partial charge in [-0.05, 0) is 31.2 Å². The van der Waals surface area contributed by atoms with Crippen molar-refractivity contribution in [3.8, 4) is 0 Å². The maximum absolute atomic E-state index is 11.6. The first-order valence-corrected chi connectivity index (χ1v) is 5.56. The molecular weight excluding hydrogens is 190 g/mol. The van der Waals surface area contributed by atoms with Crippen molar-refractivity contribution in [2.45, 2.75) is 45.2 Å². The molecule has 0 unspecified atom stereocenters. The molecule has 0 amide bonds. The fraction of sp³-hybridized carbons (Fsp3) is 0.636. The molecule has 0 aliphatic heterocycles. The van der Waals surface area contributed by atoms with Crippen molar-refractivity contribution in [2.75, 3.05) is 0 Å². The number of aryl methyl sites for hydroxylation is 2. The Morgan fingerprint density at radius 3 is 3.20 bits per heavy atom. The SMILES string of the molecule is CCCn1nc2c(cc1=O)C[C@@H](N)CC2. The van der Waals surface area contributed by atoms with E-state index in [-0.39, 0.29) is 11.6 Å². The molecule has 82 valence electrons. The van der Waals surface area contributed by atoms with E-state index in [1.165, 1.54) is 0 Å². The Hall–Kier alpha value is -1.16. The monoisotopic (exact) mass is 207 g/mol. The summed E-state index contributed by atoms with van der Waals surface area (Å²) in [5.41, 5.74) is 7.97. The predicted molar refractivity (Wildman–Crippen MR) is 58.8 cm³/mol. The van der Waals surface area contributed by atoms with Crippen LogP contribution in [-0.4, -0.2) is 15.8 Å². The molecule has 0 fully saturated rings. The fourth-order valence-electron chi connectivity index (χ4n) is 2.03. The summed E-state index contributed by atoms with van der Waals surface area (Å²) < 4.78 is 1.57. The lowest BCUT2D eigenvalue weighted by atomic mass is 9.93. The average Bonchev–Trinajstić information content (AvgIpc) is 2.20. The minimum Gasteiger partial charge on any atom is -0.327 e. The van der Waals surface area contributed by atoms with E-state index >= 15 is 0 Å². The van der Waals surface area contributed by atoms with Crippen molar-refractivity contribution in [1.29, 1.82) is 0 Å². The van der Waals surface area contributed by atoms with Gasteiger partial charge in [-0.1, -0.05) is 6.92 Å². The van der Waals surface area contributed by atoms with Crippen molar-refractivity contribution in [3.05, 3.63) is 27.7 Å². The second kappa shape index (κ2) is 4.14. The van der Waals surface area contributed by atoms with Crippen LogP contribution in [0.5, 0.6) is 0 Å². The van der Waals surface area contributed by atoms with Crippen LogP contribution in [-0.2, 0) is 19.4 Å². The zero-order valence-corrected chi connectivity index (χ0v) is 9.07. The second-order valence-electron chi connectivity index (χ2n) is 4.18. The van der Waals surface area contributed by atoms with Gasteiger partial charge < -0.3 is 5.73 Å². The Kier molecular flexibility index (Phi) is 2.86. The van der Waals surface area contributed by atoms with Gasteiger partial charge >= 0.3 is 0 Å². The number of hydrogen-bond donors (Lipinski definition) is 1. The van der Waals surface area contributed by atoms with Gasteiger partial charge in [0.15, 0.2) is 0 Å². The van der Waals surface area contributed by atoms with E-state index in [2.05, 4.69) is 5.10 Å². The van der Waals surface area contributed by atoms with E-state index in [4.69, 9.17) is 5.73 Å². The van der Waals surface area contributed by atoms with Gasteiger partial charge in [0.1, 0.15) is 0 Å². The number of nitrogens with two attached hydrogens (primary N) is 1. The molecule has 0 bridgehead atoms. The van der Waals surface area contributed by atoms with Crippen LogP contribution in [0.3, 0.4) is 0 Å². The predicted octanol–water partition coefficient (Wildman–Crippen LogP) is 0.469. The molecule has 0 aromatic carbocycles. The number of nitrogens with zero attached hydrogens (tertiary/aromatic N) is 2. The summed E-state index contributed by atoms with van der Waals surface area (Å²) in [5, 5.41) is 4.39. The van der Waals surface area contributed by atoms with E-state index < -0.39 is 0 Å². The molecular formula is C11H17N3O. The van der Waals surface area contributed by atoms with Crippen molar-refractivity contribution in [2.24, 2.45) is 5.73 Å². The third-order valence-electron chi connectivity index (χ3n) is 2.83. The van der Waals surface area contributed by atoms with Crippen LogP contribution in [0.15, 0.2) is 10.9 Å². The molecule has 2 rings (SSSR count). The molecule has 1 aromatic heterocycles. The number of rotatable bonds is 2. The molecule has 4 nitrogen and oxygen atoms in total.